The molecule has 1 aromatic heterocycles. The minimum absolute atomic E-state index is 0.0123. The SMILES string of the molecule is N[C@H](C(=O)Nc1ncc(C(CC2CC2)N2CC(F)(F)CNC2=C=O)s1)C1CCC(F)(F)CC1. The zero-order valence-corrected chi connectivity index (χ0v) is 18.8. The highest BCUT2D eigenvalue weighted by molar-refractivity contribution is 7.15. The lowest BCUT2D eigenvalue weighted by molar-refractivity contribution is -0.120. The average molecular weight is 490 g/mol. The molecule has 2 saturated carbocycles. The van der Waals surface area contributed by atoms with Gasteiger partial charge < -0.3 is 21.3 Å². The number of amides is 1. The first-order valence-electron chi connectivity index (χ1n) is 11.1. The van der Waals surface area contributed by atoms with Crippen molar-refractivity contribution in [1.82, 2.24) is 15.2 Å². The zero-order valence-electron chi connectivity index (χ0n) is 18.0. The van der Waals surface area contributed by atoms with Crippen LogP contribution in [0, 0.1) is 11.8 Å². The quantitative estimate of drug-likeness (QED) is 0.402. The zero-order chi connectivity index (χ0) is 23.8. The molecule has 4 rings (SSSR count). The van der Waals surface area contributed by atoms with Crippen molar-refractivity contribution >= 4 is 28.3 Å². The Hall–Kier alpha value is -2.17. The molecule has 0 radical (unpaired) electrons. The van der Waals surface area contributed by atoms with Crippen molar-refractivity contribution in [2.24, 2.45) is 17.6 Å². The normalized spacial score (nSPS) is 24.5. The van der Waals surface area contributed by atoms with E-state index in [0.29, 0.717) is 17.2 Å². The van der Waals surface area contributed by atoms with Crippen LogP contribution in [0.4, 0.5) is 22.7 Å². The van der Waals surface area contributed by atoms with Crippen LogP contribution in [0.25, 0.3) is 0 Å². The number of nitrogens with one attached hydrogen (secondary N) is 2. The van der Waals surface area contributed by atoms with Crippen molar-refractivity contribution in [2.75, 3.05) is 18.4 Å². The predicted molar refractivity (Wildman–Crippen MR) is 115 cm³/mol. The number of rotatable bonds is 7. The van der Waals surface area contributed by atoms with Crippen LogP contribution in [-0.4, -0.2) is 52.7 Å². The van der Waals surface area contributed by atoms with Crippen molar-refractivity contribution in [3.63, 3.8) is 0 Å². The minimum atomic E-state index is -3.01. The van der Waals surface area contributed by atoms with Gasteiger partial charge in [-0.25, -0.2) is 27.3 Å². The van der Waals surface area contributed by atoms with Crippen molar-refractivity contribution in [2.45, 2.75) is 68.9 Å². The van der Waals surface area contributed by atoms with Gasteiger partial charge in [-0.05, 0) is 31.1 Å². The van der Waals surface area contributed by atoms with E-state index in [4.69, 9.17) is 5.73 Å². The van der Waals surface area contributed by atoms with Gasteiger partial charge in [0.1, 0.15) is 0 Å². The second-order valence-corrected chi connectivity index (χ2v) is 10.3. The number of hydrogen-bond acceptors (Lipinski definition) is 7. The summed E-state index contributed by atoms with van der Waals surface area (Å²) in [5.74, 6) is -4.48. The Morgan fingerprint density at radius 3 is 2.61 bits per heavy atom. The van der Waals surface area contributed by atoms with Crippen LogP contribution in [0.1, 0.15) is 55.9 Å². The molecule has 0 aromatic carbocycles. The first-order valence-corrected chi connectivity index (χ1v) is 11.9. The molecular weight excluding hydrogens is 462 g/mol. The third-order valence-electron chi connectivity index (χ3n) is 6.58. The summed E-state index contributed by atoms with van der Waals surface area (Å²) in [7, 11) is 0. The average Bonchev–Trinajstić information content (AvgIpc) is 3.47. The number of aromatic nitrogens is 1. The number of carbonyl (C=O) groups excluding carboxylic acids is 2. The Morgan fingerprint density at radius 1 is 1.27 bits per heavy atom. The molecule has 3 fully saturated rings. The van der Waals surface area contributed by atoms with Gasteiger partial charge in [0.15, 0.2) is 16.9 Å². The first-order chi connectivity index (χ1) is 15.6. The van der Waals surface area contributed by atoms with Gasteiger partial charge in [0.25, 0.3) is 5.92 Å². The lowest BCUT2D eigenvalue weighted by atomic mass is 9.82. The fraction of sp³-hybridized carbons (Fsp3) is 0.714. The van der Waals surface area contributed by atoms with Crippen LogP contribution in [0.2, 0.25) is 0 Å². The molecule has 1 unspecified atom stereocenters. The van der Waals surface area contributed by atoms with Crippen LogP contribution in [0.15, 0.2) is 12.0 Å². The van der Waals surface area contributed by atoms with E-state index < -0.39 is 42.9 Å². The van der Waals surface area contributed by atoms with Gasteiger partial charge >= 0.3 is 0 Å². The summed E-state index contributed by atoms with van der Waals surface area (Å²) in [5, 5.41) is 5.35. The summed E-state index contributed by atoms with van der Waals surface area (Å²) in [6.45, 7) is -1.24. The Morgan fingerprint density at radius 2 is 1.97 bits per heavy atom. The highest BCUT2D eigenvalue weighted by Crippen LogP contribution is 2.44. The maximum atomic E-state index is 14.1. The summed E-state index contributed by atoms with van der Waals surface area (Å²) >= 11 is 1.13. The van der Waals surface area contributed by atoms with Crippen LogP contribution in [-0.2, 0) is 9.59 Å². The molecule has 1 saturated heterocycles. The number of carbonyl (C=O) groups is 1. The molecule has 182 valence electrons. The van der Waals surface area contributed by atoms with Crippen molar-refractivity contribution in [1.29, 1.82) is 0 Å². The van der Waals surface area contributed by atoms with Gasteiger partial charge in [-0.2, -0.15) is 0 Å². The van der Waals surface area contributed by atoms with Crippen LogP contribution in [0.3, 0.4) is 0 Å². The molecule has 0 spiro atoms. The first kappa shape index (κ1) is 24.0. The van der Waals surface area contributed by atoms with Gasteiger partial charge in [0.05, 0.1) is 25.2 Å². The summed E-state index contributed by atoms with van der Waals surface area (Å²) in [5.41, 5.74) is 6.03. The molecule has 0 bridgehead atoms. The number of hydrogen-bond donors (Lipinski definition) is 3. The summed E-state index contributed by atoms with van der Waals surface area (Å²) in [6.07, 6.45) is 3.84. The van der Waals surface area contributed by atoms with Gasteiger partial charge in [-0.3, -0.25) is 4.79 Å². The molecule has 1 aliphatic heterocycles. The second-order valence-electron chi connectivity index (χ2n) is 9.26. The number of halogens is 4. The van der Waals surface area contributed by atoms with Gasteiger partial charge in [0.2, 0.25) is 11.8 Å². The van der Waals surface area contributed by atoms with Crippen molar-refractivity contribution < 1.29 is 27.2 Å². The fourth-order valence-electron chi connectivity index (χ4n) is 4.45. The standard InChI is InChI=1S/C21H27F4N5O2S/c22-20(23)5-3-13(4-6-20)17(26)18(32)29-19-27-8-15(33-19)14(7-12-1-2-12)30-11-21(24,25)10-28-16(30)9-31/h8,12-14,17,28H,1-7,10-11,26H2,(H,27,29,32)/t14?,17-/m0/s1. The van der Waals surface area contributed by atoms with E-state index in [2.05, 4.69) is 15.6 Å². The van der Waals surface area contributed by atoms with Crippen LogP contribution < -0.4 is 16.4 Å². The molecule has 4 N–H and O–H groups in total. The summed E-state index contributed by atoms with van der Waals surface area (Å²) in [6, 6.07) is -1.45. The monoisotopic (exact) mass is 489 g/mol. The Labute approximate surface area is 192 Å². The highest BCUT2D eigenvalue weighted by atomic mass is 32.1. The Bertz CT molecular complexity index is 922. The minimum Gasteiger partial charge on any atom is -0.356 e. The molecule has 12 heteroatoms. The molecule has 2 heterocycles. The molecule has 1 aromatic rings. The van der Waals surface area contributed by atoms with Gasteiger partial charge in [-0.1, -0.05) is 24.2 Å². The maximum absolute atomic E-state index is 14.1. The molecule has 3 aliphatic rings. The second kappa shape index (κ2) is 9.23. The molecule has 2 atom stereocenters. The van der Waals surface area contributed by atoms with E-state index >= 15 is 0 Å². The topological polar surface area (TPSA) is 100 Å². The highest BCUT2D eigenvalue weighted by Gasteiger charge is 2.43. The smallest absolute Gasteiger partial charge is 0.282 e. The number of anilines is 1. The van der Waals surface area contributed by atoms with E-state index in [9.17, 15) is 27.2 Å². The molecular formula is C21H27F4N5O2S. The van der Waals surface area contributed by atoms with Crippen molar-refractivity contribution in [3.05, 3.63) is 16.9 Å². The van der Waals surface area contributed by atoms with E-state index in [0.717, 1.165) is 24.2 Å². The van der Waals surface area contributed by atoms with Crippen molar-refractivity contribution in [3.8, 4) is 0 Å². The number of nitrogens with zero attached hydrogens (tertiary/aromatic N) is 2. The van der Waals surface area contributed by atoms with E-state index in [1.165, 1.54) is 11.1 Å². The van der Waals surface area contributed by atoms with Crippen LogP contribution in [0.5, 0.6) is 0 Å². The number of alkyl halides is 4. The van der Waals surface area contributed by atoms with E-state index in [1.54, 1.807) is 5.94 Å². The fourth-order valence-corrected chi connectivity index (χ4v) is 5.39. The summed E-state index contributed by atoms with van der Waals surface area (Å²) < 4.78 is 55.0. The third kappa shape index (κ3) is 5.85. The lowest BCUT2D eigenvalue weighted by Crippen LogP contribution is -2.53. The summed E-state index contributed by atoms with van der Waals surface area (Å²) in [4.78, 5) is 30.2. The van der Waals surface area contributed by atoms with E-state index in [1.807, 2.05) is 0 Å². The lowest BCUT2D eigenvalue weighted by Gasteiger charge is -2.40. The third-order valence-corrected chi connectivity index (χ3v) is 7.60. The van der Waals surface area contributed by atoms with Gasteiger partial charge in [-0.15, -0.1) is 0 Å². The molecule has 33 heavy (non-hydrogen) atoms. The van der Waals surface area contributed by atoms with Gasteiger partial charge in [0, 0.05) is 23.9 Å². The largest absolute Gasteiger partial charge is 0.356 e. The predicted octanol–water partition coefficient (Wildman–Crippen LogP) is 3.29. The van der Waals surface area contributed by atoms with E-state index in [-0.39, 0.29) is 42.6 Å². The maximum Gasteiger partial charge on any atom is 0.282 e. The number of thiazole rings is 1. The number of nitrogens with two attached hydrogens (primary N) is 1. The molecule has 2 aliphatic carbocycles. The molecule has 1 amide bonds. The van der Waals surface area contributed by atoms with Crippen LogP contribution >= 0.6 is 11.3 Å². The molecule has 7 nitrogen and oxygen atoms in total. The Kier molecular flexibility index (Phi) is 6.70. The Balaban J connectivity index is 1.45.